The van der Waals surface area contributed by atoms with E-state index in [1.807, 2.05) is 0 Å². The normalized spacial score (nSPS) is 11.9. The van der Waals surface area contributed by atoms with E-state index in [0.29, 0.717) is 26.2 Å². The van der Waals surface area contributed by atoms with Gasteiger partial charge in [-0.3, -0.25) is 4.79 Å². The van der Waals surface area contributed by atoms with Crippen molar-refractivity contribution in [2.24, 2.45) is 0 Å². The van der Waals surface area contributed by atoms with Gasteiger partial charge in [0.1, 0.15) is 12.7 Å². The van der Waals surface area contributed by atoms with E-state index in [1.54, 1.807) is 0 Å². The molecule has 0 bridgehead atoms. The minimum Gasteiger partial charge on any atom is -0.447 e. The number of alkyl carbamates (subject to hydrolysis) is 1. The van der Waals surface area contributed by atoms with Gasteiger partial charge in [0.2, 0.25) is 5.91 Å². The van der Waals surface area contributed by atoms with Crippen molar-refractivity contribution in [2.75, 3.05) is 39.5 Å². The first-order valence-corrected chi connectivity index (χ1v) is 25.5. The number of unbranched alkanes of at least 4 members (excludes halogenated alkanes) is 33. The summed E-state index contributed by atoms with van der Waals surface area (Å²) in [6.07, 6.45) is 48.1. The van der Waals surface area contributed by atoms with Gasteiger partial charge >= 0.3 is 6.09 Å². The van der Waals surface area contributed by atoms with Crippen LogP contribution in [0.4, 0.5) is 4.79 Å². The van der Waals surface area contributed by atoms with Crippen LogP contribution in [0.3, 0.4) is 0 Å². The van der Waals surface area contributed by atoms with Crippen LogP contribution in [0.25, 0.3) is 0 Å². The quantitative estimate of drug-likeness (QED) is 0.0598. The SMILES string of the molecule is CCCCCCCCCCCCCCCCCCOC[C@H](COC(=O)NCCCCCC(=O)NCCCC)OCCCCCCCCCCCCCCCCCC. The van der Waals surface area contributed by atoms with Gasteiger partial charge in [-0.05, 0) is 32.1 Å². The highest BCUT2D eigenvalue weighted by atomic mass is 16.6. The third-order valence-corrected chi connectivity index (χ3v) is 11.4. The molecule has 1 atom stereocenters. The van der Waals surface area contributed by atoms with Gasteiger partial charge in [0, 0.05) is 32.7 Å². The maximum absolute atomic E-state index is 12.4. The molecule has 0 unspecified atom stereocenters. The molecule has 2 N–H and O–H groups in total. The van der Waals surface area contributed by atoms with Gasteiger partial charge in [-0.1, -0.05) is 226 Å². The molecule has 0 aliphatic heterocycles. The lowest BCUT2D eigenvalue weighted by atomic mass is 10.0. The van der Waals surface area contributed by atoms with E-state index in [9.17, 15) is 9.59 Å². The van der Waals surface area contributed by atoms with E-state index in [4.69, 9.17) is 14.2 Å². The Morgan fingerprint density at radius 3 is 1.19 bits per heavy atom. The standard InChI is InChI=1S/C50H100N2O5/c1-4-7-10-12-14-16-18-20-22-24-26-28-30-32-34-39-44-55-46-48(47-57-50(54)52-43-38-36-37-41-49(53)51-42-9-6-3)56-45-40-35-33-31-29-27-25-23-21-19-17-15-13-11-8-5-2/h48H,4-47H2,1-3H3,(H,51,53)(H,52,54)/t48-/m1/s1. The van der Waals surface area contributed by atoms with Crippen molar-refractivity contribution < 1.29 is 23.8 Å². The summed E-state index contributed by atoms with van der Waals surface area (Å²) in [5, 5.41) is 5.82. The van der Waals surface area contributed by atoms with Gasteiger partial charge in [-0.15, -0.1) is 0 Å². The van der Waals surface area contributed by atoms with E-state index < -0.39 is 6.09 Å². The van der Waals surface area contributed by atoms with Crippen LogP contribution in [0.5, 0.6) is 0 Å². The molecule has 0 heterocycles. The second-order valence-electron chi connectivity index (χ2n) is 17.2. The highest BCUT2D eigenvalue weighted by Crippen LogP contribution is 2.16. The molecule has 340 valence electrons. The van der Waals surface area contributed by atoms with Crippen LogP contribution in [0, 0.1) is 0 Å². The molecule has 0 saturated carbocycles. The molecule has 57 heavy (non-hydrogen) atoms. The van der Waals surface area contributed by atoms with Crippen LogP contribution < -0.4 is 10.6 Å². The fraction of sp³-hybridized carbons (Fsp3) is 0.960. The summed E-state index contributed by atoms with van der Waals surface area (Å²) in [6, 6.07) is 0. The topological polar surface area (TPSA) is 85.9 Å². The van der Waals surface area contributed by atoms with Crippen molar-refractivity contribution in [2.45, 2.75) is 271 Å². The minimum atomic E-state index is -0.402. The van der Waals surface area contributed by atoms with E-state index in [1.165, 1.54) is 193 Å². The molecule has 7 heteroatoms. The van der Waals surface area contributed by atoms with Crippen molar-refractivity contribution >= 4 is 12.0 Å². The molecule has 0 aliphatic rings. The highest BCUT2D eigenvalue weighted by molar-refractivity contribution is 5.75. The van der Waals surface area contributed by atoms with Gasteiger partial charge in [-0.25, -0.2) is 4.79 Å². The maximum atomic E-state index is 12.4. The molecule has 0 aromatic heterocycles. The minimum absolute atomic E-state index is 0.124. The van der Waals surface area contributed by atoms with Crippen LogP contribution in [-0.2, 0) is 19.0 Å². The largest absolute Gasteiger partial charge is 0.447 e. The summed E-state index contributed by atoms with van der Waals surface area (Å²) in [7, 11) is 0. The summed E-state index contributed by atoms with van der Waals surface area (Å²) in [5.41, 5.74) is 0. The first kappa shape index (κ1) is 55.7. The van der Waals surface area contributed by atoms with E-state index >= 15 is 0 Å². The average molecular weight is 809 g/mol. The first-order chi connectivity index (χ1) is 28.1. The molecular formula is C50H100N2O5. The zero-order valence-corrected chi connectivity index (χ0v) is 38.7. The molecule has 2 amide bonds. The Kier molecular flexibility index (Phi) is 47.9. The fourth-order valence-corrected chi connectivity index (χ4v) is 7.50. The van der Waals surface area contributed by atoms with E-state index in [-0.39, 0.29) is 18.6 Å². The first-order valence-electron chi connectivity index (χ1n) is 25.5. The number of carbonyl (C=O) groups is 2. The third-order valence-electron chi connectivity index (χ3n) is 11.4. The van der Waals surface area contributed by atoms with Gasteiger partial charge < -0.3 is 24.8 Å². The molecule has 0 radical (unpaired) electrons. The Labute approximate surface area is 355 Å². The van der Waals surface area contributed by atoms with Crippen molar-refractivity contribution in [1.29, 1.82) is 0 Å². The van der Waals surface area contributed by atoms with Crippen LogP contribution in [0.1, 0.15) is 265 Å². The number of ether oxygens (including phenoxy) is 3. The van der Waals surface area contributed by atoms with E-state index in [0.717, 1.165) is 58.1 Å². The van der Waals surface area contributed by atoms with Crippen molar-refractivity contribution in [1.82, 2.24) is 10.6 Å². The molecule has 0 fully saturated rings. The summed E-state index contributed by atoms with van der Waals surface area (Å²) in [4.78, 5) is 24.3. The van der Waals surface area contributed by atoms with Crippen LogP contribution >= 0.6 is 0 Å². The summed E-state index contributed by atoms with van der Waals surface area (Å²) in [6.45, 7) is 10.1. The molecule has 7 nitrogen and oxygen atoms in total. The Morgan fingerprint density at radius 1 is 0.386 bits per heavy atom. The van der Waals surface area contributed by atoms with Crippen LogP contribution in [0.15, 0.2) is 0 Å². The monoisotopic (exact) mass is 809 g/mol. The summed E-state index contributed by atoms with van der Waals surface area (Å²) < 4.78 is 17.8. The Hall–Kier alpha value is -1.34. The Morgan fingerprint density at radius 2 is 0.754 bits per heavy atom. The Balaban J connectivity index is 4.09. The Bertz CT molecular complexity index is 797. The number of amides is 2. The lowest BCUT2D eigenvalue weighted by molar-refractivity contribution is -0.121. The van der Waals surface area contributed by atoms with Crippen LogP contribution in [0.2, 0.25) is 0 Å². The second kappa shape index (κ2) is 49.0. The number of hydrogen-bond acceptors (Lipinski definition) is 5. The van der Waals surface area contributed by atoms with E-state index in [2.05, 4.69) is 31.4 Å². The van der Waals surface area contributed by atoms with Crippen molar-refractivity contribution in [3.05, 3.63) is 0 Å². The molecular weight excluding hydrogens is 709 g/mol. The van der Waals surface area contributed by atoms with Gasteiger partial charge in [0.05, 0.1) is 6.61 Å². The molecule has 0 aromatic rings. The maximum Gasteiger partial charge on any atom is 0.407 e. The highest BCUT2D eigenvalue weighted by Gasteiger charge is 2.13. The smallest absolute Gasteiger partial charge is 0.407 e. The number of nitrogens with one attached hydrogen (secondary N) is 2. The van der Waals surface area contributed by atoms with Gasteiger partial charge in [-0.2, -0.15) is 0 Å². The van der Waals surface area contributed by atoms with Crippen LogP contribution in [-0.4, -0.2) is 57.6 Å². The average Bonchev–Trinajstić information content (AvgIpc) is 3.21. The third kappa shape index (κ3) is 47.2. The van der Waals surface area contributed by atoms with Gasteiger partial charge in [0.25, 0.3) is 0 Å². The molecule has 0 aromatic carbocycles. The number of rotatable bonds is 48. The predicted octanol–water partition coefficient (Wildman–Crippen LogP) is 15.1. The molecule has 0 saturated heterocycles. The molecule has 0 aliphatic carbocycles. The summed E-state index contributed by atoms with van der Waals surface area (Å²) >= 11 is 0. The predicted molar refractivity (Wildman–Crippen MR) is 245 cm³/mol. The molecule has 0 rings (SSSR count). The molecule has 0 spiro atoms. The van der Waals surface area contributed by atoms with Crippen molar-refractivity contribution in [3.8, 4) is 0 Å². The lowest BCUT2D eigenvalue weighted by Crippen LogP contribution is -2.32. The lowest BCUT2D eigenvalue weighted by Gasteiger charge is -2.18. The van der Waals surface area contributed by atoms with Crippen molar-refractivity contribution in [3.63, 3.8) is 0 Å². The number of carbonyl (C=O) groups excluding carboxylic acids is 2. The number of hydrogen-bond donors (Lipinski definition) is 2. The second-order valence-corrected chi connectivity index (χ2v) is 17.2. The zero-order valence-electron chi connectivity index (χ0n) is 38.7. The fourth-order valence-electron chi connectivity index (χ4n) is 7.50. The van der Waals surface area contributed by atoms with Gasteiger partial charge in [0.15, 0.2) is 0 Å². The summed E-state index contributed by atoms with van der Waals surface area (Å²) in [5.74, 6) is 0.124. The zero-order chi connectivity index (χ0) is 41.4.